The van der Waals surface area contributed by atoms with Crippen LogP contribution in [0.25, 0.3) is 0 Å². The molecule has 0 aliphatic carbocycles. The van der Waals surface area contributed by atoms with E-state index in [9.17, 15) is 0 Å². The largest absolute Gasteiger partial charge is 0.356 e. The number of guanidine groups is 1. The van der Waals surface area contributed by atoms with Gasteiger partial charge in [0, 0.05) is 37.4 Å². The van der Waals surface area contributed by atoms with Crippen molar-refractivity contribution in [3.63, 3.8) is 0 Å². The number of aryl methyl sites for hydroxylation is 2. The molecule has 0 unspecified atom stereocenters. The molecule has 0 fully saturated rings. The molecule has 0 aliphatic heterocycles. The van der Waals surface area contributed by atoms with Crippen LogP contribution in [0.5, 0.6) is 0 Å². The second kappa shape index (κ2) is 11.3. The van der Waals surface area contributed by atoms with Gasteiger partial charge in [-0.1, -0.05) is 23.2 Å². The molecule has 0 aromatic carbocycles. The van der Waals surface area contributed by atoms with E-state index in [0.717, 1.165) is 43.2 Å². The van der Waals surface area contributed by atoms with Gasteiger partial charge in [-0.05, 0) is 32.3 Å². The van der Waals surface area contributed by atoms with Gasteiger partial charge < -0.3 is 15.2 Å². The normalized spacial score (nSPS) is 11.3. The Kier molecular flexibility index (Phi) is 10.1. The fourth-order valence-electron chi connectivity index (χ4n) is 2.28. The lowest BCUT2D eigenvalue weighted by Crippen LogP contribution is -2.37. The first-order chi connectivity index (χ1) is 11.5. The zero-order valence-corrected chi connectivity index (χ0v) is 19.3. The monoisotopic (exact) mass is 515 g/mol. The molecule has 2 aromatic heterocycles. The minimum Gasteiger partial charge on any atom is -0.356 e. The molecule has 25 heavy (non-hydrogen) atoms. The van der Waals surface area contributed by atoms with E-state index in [1.54, 1.807) is 18.4 Å². The third-order valence-corrected chi connectivity index (χ3v) is 5.52. The summed E-state index contributed by atoms with van der Waals surface area (Å²) in [5, 5.41) is 11.0. The Balaban J connectivity index is 0.00000312. The van der Waals surface area contributed by atoms with Gasteiger partial charge in [0.2, 0.25) is 0 Å². The maximum absolute atomic E-state index is 6.07. The number of thiazole rings is 1. The lowest BCUT2D eigenvalue weighted by molar-refractivity contribution is 0.686. The van der Waals surface area contributed by atoms with Crippen molar-refractivity contribution in [3.8, 4) is 0 Å². The molecule has 2 N–H and O–H groups in total. The van der Waals surface area contributed by atoms with Gasteiger partial charge in [0.05, 0.1) is 16.6 Å². The molecule has 2 aromatic rings. The van der Waals surface area contributed by atoms with E-state index in [4.69, 9.17) is 23.2 Å². The van der Waals surface area contributed by atoms with Crippen molar-refractivity contribution >= 4 is 64.5 Å². The minimum absolute atomic E-state index is 0. The van der Waals surface area contributed by atoms with Gasteiger partial charge in [-0.2, -0.15) is 0 Å². The Morgan fingerprint density at radius 2 is 2.08 bits per heavy atom. The number of halogens is 3. The lowest BCUT2D eigenvalue weighted by atomic mass is 10.2. The van der Waals surface area contributed by atoms with Crippen LogP contribution in [0.2, 0.25) is 10.2 Å². The van der Waals surface area contributed by atoms with Gasteiger partial charge in [0.15, 0.2) is 5.96 Å². The Bertz CT molecular complexity index is 699. The standard InChI is InChI=1S/C16H23Cl2N5S.HI/c1-11-10-24-14(22-11)6-4-5-7-20-16(19-2)21-9-12-8-13(17)15(18)23(12)3;/h8,10H,4-7,9H2,1-3H3,(H2,19,20,21);1H. The Morgan fingerprint density at radius 1 is 1.32 bits per heavy atom. The molecular formula is C16H24Cl2IN5S. The van der Waals surface area contributed by atoms with Crippen LogP contribution in [0.1, 0.15) is 29.2 Å². The van der Waals surface area contributed by atoms with Crippen LogP contribution in [0.3, 0.4) is 0 Å². The summed E-state index contributed by atoms with van der Waals surface area (Å²) >= 11 is 13.8. The second-order valence-corrected chi connectivity index (χ2v) is 7.23. The van der Waals surface area contributed by atoms with Gasteiger partial charge in [-0.3, -0.25) is 4.99 Å². The van der Waals surface area contributed by atoms with Crippen molar-refractivity contribution in [1.82, 2.24) is 20.2 Å². The third kappa shape index (κ3) is 6.96. The summed E-state index contributed by atoms with van der Waals surface area (Å²) in [7, 11) is 3.65. The number of hydrogen-bond donors (Lipinski definition) is 2. The summed E-state index contributed by atoms with van der Waals surface area (Å²) in [5.41, 5.74) is 2.12. The van der Waals surface area contributed by atoms with Gasteiger partial charge in [0.1, 0.15) is 5.15 Å². The Morgan fingerprint density at radius 3 is 2.64 bits per heavy atom. The van der Waals surface area contributed by atoms with E-state index in [-0.39, 0.29) is 24.0 Å². The quantitative estimate of drug-likeness (QED) is 0.248. The molecule has 2 heterocycles. The summed E-state index contributed by atoms with van der Waals surface area (Å²) in [6, 6.07) is 1.86. The first-order valence-electron chi connectivity index (χ1n) is 7.86. The van der Waals surface area contributed by atoms with E-state index < -0.39 is 0 Å². The van der Waals surface area contributed by atoms with E-state index in [1.165, 1.54) is 5.01 Å². The first kappa shape index (κ1) is 22.5. The maximum atomic E-state index is 6.07. The molecule has 0 bridgehead atoms. The highest BCUT2D eigenvalue weighted by molar-refractivity contribution is 14.0. The molecule has 0 amide bonds. The zero-order chi connectivity index (χ0) is 17.5. The highest BCUT2D eigenvalue weighted by Gasteiger charge is 2.09. The zero-order valence-electron chi connectivity index (χ0n) is 14.6. The summed E-state index contributed by atoms with van der Waals surface area (Å²) in [5.74, 6) is 0.772. The fraction of sp³-hybridized carbons (Fsp3) is 0.500. The topological polar surface area (TPSA) is 54.2 Å². The summed E-state index contributed by atoms with van der Waals surface area (Å²) in [6.07, 6.45) is 3.22. The predicted molar refractivity (Wildman–Crippen MR) is 119 cm³/mol. The number of unbranched alkanes of at least 4 members (excludes halogenated alkanes) is 1. The fourth-order valence-corrected chi connectivity index (χ4v) is 3.51. The van der Waals surface area contributed by atoms with E-state index in [2.05, 4.69) is 26.0 Å². The molecule has 0 saturated heterocycles. The van der Waals surface area contributed by atoms with Gasteiger partial charge in [0.25, 0.3) is 0 Å². The number of aliphatic imine (C=N–C) groups is 1. The summed E-state index contributed by atoms with van der Waals surface area (Å²) in [6.45, 7) is 3.52. The summed E-state index contributed by atoms with van der Waals surface area (Å²) < 4.78 is 1.86. The average Bonchev–Trinajstić information content (AvgIpc) is 3.09. The molecule has 0 atom stereocenters. The molecular weight excluding hydrogens is 492 g/mol. The van der Waals surface area contributed by atoms with Gasteiger partial charge in [-0.15, -0.1) is 35.3 Å². The van der Waals surface area contributed by atoms with Crippen LogP contribution >= 0.6 is 58.5 Å². The van der Waals surface area contributed by atoms with Crippen molar-refractivity contribution in [2.75, 3.05) is 13.6 Å². The third-order valence-electron chi connectivity index (χ3n) is 3.65. The molecule has 0 aliphatic rings. The van der Waals surface area contributed by atoms with E-state index in [0.29, 0.717) is 16.7 Å². The Labute approximate surface area is 180 Å². The SMILES string of the molecule is CN=C(NCCCCc1nc(C)cs1)NCc1cc(Cl)c(Cl)n1C.I. The highest BCUT2D eigenvalue weighted by Crippen LogP contribution is 2.24. The molecule has 9 heteroatoms. The number of nitrogens with zero attached hydrogens (tertiary/aromatic N) is 3. The summed E-state index contributed by atoms with van der Waals surface area (Å²) in [4.78, 5) is 8.71. The molecule has 140 valence electrons. The van der Waals surface area contributed by atoms with E-state index >= 15 is 0 Å². The minimum atomic E-state index is 0. The average molecular weight is 516 g/mol. The van der Waals surface area contributed by atoms with Crippen LogP contribution in [-0.2, 0) is 20.0 Å². The van der Waals surface area contributed by atoms with Crippen molar-refractivity contribution < 1.29 is 0 Å². The molecule has 5 nitrogen and oxygen atoms in total. The van der Waals surface area contributed by atoms with Crippen LogP contribution in [0.4, 0.5) is 0 Å². The molecule has 2 rings (SSSR count). The lowest BCUT2D eigenvalue weighted by Gasteiger charge is -2.12. The highest BCUT2D eigenvalue weighted by atomic mass is 127. The van der Waals surface area contributed by atoms with Crippen LogP contribution in [0.15, 0.2) is 16.4 Å². The first-order valence-corrected chi connectivity index (χ1v) is 9.50. The molecule has 0 saturated carbocycles. The second-order valence-electron chi connectivity index (χ2n) is 5.53. The number of nitrogens with one attached hydrogen (secondary N) is 2. The Hall–Kier alpha value is -0.510. The van der Waals surface area contributed by atoms with Crippen LogP contribution in [-0.4, -0.2) is 29.1 Å². The number of rotatable bonds is 7. The molecule has 0 spiro atoms. The van der Waals surface area contributed by atoms with Gasteiger partial charge >= 0.3 is 0 Å². The molecule has 0 radical (unpaired) electrons. The van der Waals surface area contributed by atoms with Crippen LogP contribution < -0.4 is 10.6 Å². The van der Waals surface area contributed by atoms with Gasteiger partial charge in [-0.25, -0.2) is 4.98 Å². The van der Waals surface area contributed by atoms with Crippen molar-refractivity contribution in [1.29, 1.82) is 0 Å². The van der Waals surface area contributed by atoms with Crippen molar-refractivity contribution in [2.45, 2.75) is 32.7 Å². The predicted octanol–water partition coefficient (Wildman–Crippen LogP) is 4.40. The van der Waals surface area contributed by atoms with Crippen molar-refractivity contribution in [3.05, 3.63) is 38.0 Å². The number of hydrogen-bond acceptors (Lipinski definition) is 3. The van der Waals surface area contributed by atoms with Crippen molar-refractivity contribution in [2.24, 2.45) is 12.0 Å². The number of aromatic nitrogens is 2. The van der Waals surface area contributed by atoms with E-state index in [1.807, 2.05) is 24.6 Å². The van der Waals surface area contributed by atoms with Crippen LogP contribution in [0, 0.1) is 6.92 Å². The smallest absolute Gasteiger partial charge is 0.191 e. The maximum Gasteiger partial charge on any atom is 0.191 e.